The van der Waals surface area contributed by atoms with Crippen LogP contribution in [-0.2, 0) is 0 Å². The fraction of sp³-hybridized carbons (Fsp3) is 0.545. The first-order valence-electron chi connectivity index (χ1n) is 9.28. The zero-order valence-corrected chi connectivity index (χ0v) is 14.2. The zero-order valence-electron chi connectivity index (χ0n) is 14.2. The first kappa shape index (κ1) is 15.5. The Balaban J connectivity index is 1.37. The molecule has 4 saturated carbocycles. The molecular weight excluding hydrogens is 264 g/mol. The molecule has 0 aromatic heterocycles. The van der Waals surface area contributed by atoms with Gasteiger partial charge < -0.3 is 0 Å². The average molecular weight is 292 g/mol. The molecule has 0 aromatic carbocycles. The Morgan fingerprint density at radius 3 is 1.50 bits per heavy atom. The Bertz CT molecular complexity index is 336. The van der Waals surface area contributed by atoms with E-state index in [2.05, 4.69) is 26.7 Å². The highest BCUT2D eigenvalue weighted by molar-refractivity contribution is 5.59. The summed E-state index contributed by atoms with van der Waals surface area (Å²) in [7, 11) is 0. The molecule has 0 heteroatoms. The Hall–Kier alpha value is 0. The molecule has 116 valence electrons. The van der Waals surface area contributed by atoms with E-state index in [9.17, 15) is 0 Å². The van der Waals surface area contributed by atoms with Crippen LogP contribution >= 0.6 is 0 Å². The number of hydrogen-bond donors (Lipinski definition) is 0. The molecule has 0 aliphatic heterocycles. The van der Waals surface area contributed by atoms with Crippen LogP contribution in [0.1, 0.15) is 78.1 Å². The second kappa shape index (κ2) is 6.48. The third-order valence-electron chi connectivity index (χ3n) is 6.11. The smallest absolute Gasteiger partial charge is 0.00968 e. The van der Waals surface area contributed by atoms with E-state index in [0.29, 0.717) is 0 Å². The molecule has 0 amide bonds. The maximum atomic E-state index is 2.48. The van der Waals surface area contributed by atoms with Crippen molar-refractivity contribution in [3.05, 3.63) is 60.2 Å². The molecule has 0 spiro atoms. The van der Waals surface area contributed by atoms with Gasteiger partial charge in [0.25, 0.3) is 0 Å². The van der Waals surface area contributed by atoms with E-state index >= 15 is 0 Å². The van der Waals surface area contributed by atoms with Gasteiger partial charge in [-0.1, -0.05) is 39.5 Å². The fourth-order valence-electron chi connectivity index (χ4n) is 4.98. The summed E-state index contributed by atoms with van der Waals surface area (Å²) in [4.78, 5) is 0. The molecule has 0 aromatic rings. The minimum absolute atomic E-state index is 1.26. The van der Waals surface area contributed by atoms with Crippen LogP contribution < -0.4 is 0 Å². The van der Waals surface area contributed by atoms with Crippen LogP contribution in [0, 0.1) is 60.2 Å². The van der Waals surface area contributed by atoms with Crippen LogP contribution in [0.15, 0.2) is 0 Å². The average Bonchev–Trinajstić information content (AvgIpc) is 3.01. The highest BCUT2D eigenvalue weighted by atomic mass is 14.5. The lowest BCUT2D eigenvalue weighted by Crippen LogP contribution is -2.19. The summed E-state index contributed by atoms with van der Waals surface area (Å²) in [6.45, 7) is 4.67. The van der Waals surface area contributed by atoms with E-state index in [0.717, 1.165) is 0 Å². The topological polar surface area (TPSA) is 0 Å². The Morgan fingerprint density at radius 2 is 1.05 bits per heavy atom. The van der Waals surface area contributed by atoms with E-state index in [1.165, 1.54) is 64.2 Å². The summed E-state index contributed by atoms with van der Waals surface area (Å²) in [5, 5.41) is 0. The standard InChI is InChI=1S/C22H28/c1-15-13-17-7-3-5-9-21(17)19(15)11-12-20-16(2)14-18-8-4-6-10-22(18)20/h13-14H,3-12H2,1-2H3. The van der Waals surface area contributed by atoms with Crippen molar-refractivity contribution in [2.75, 3.05) is 0 Å². The molecule has 10 radical (unpaired) electrons. The Labute approximate surface area is 138 Å². The van der Waals surface area contributed by atoms with Crippen molar-refractivity contribution in [1.29, 1.82) is 0 Å². The van der Waals surface area contributed by atoms with Crippen molar-refractivity contribution in [2.45, 2.75) is 78.1 Å². The number of fused-ring (bicyclic) bond motifs is 2. The first-order valence-corrected chi connectivity index (χ1v) is 9.28. The summed E-state index contributed by atoms with van der Waals surface area (Å²) in [6.07, 6.45) is 18.4. The third kappa shape index (κ3) is 2.78. The van der Waals surface area contributed by atoms with Gasteiger partial charge in [0.2, 0.25) is 0 Å². The highest BCUT2D eigenvalue weighted by Crippen LogP contribution is 2.58. The zero-order chi connectivity index (χ0) is 15.1. The monoisotopic (exact) mass is 292 g/mol. The Morgan fingerprint density at radius 1 is 0.636 bits per heavy atom. The second-order valence-corrected chi connectivity index (χ2v) is 7.53. The van der Waals surface area contributed by atoms with Gasteiger partial charge in [-0.3, -0.25) is 0 Å². The van der Waals surface area contributed by atoms with Crippen LogP contribution in [0.5, 0.6) is 0 Å². The van der Waals surface area contributed by atoms with E-state index in [-0.39, 0.29) is 0 Å². The van der Waals surface area contributed by atoms with Crippen LogP contribution in [0.3, 0.4) is 0 Å². The largest absolute Gasteiger partial charge is 0.0582 e. The van der Waals surface area contributed by atoms with Gasteiger partial charge in [-0.15, -0.1) is 0 Å². The summed E-state index contributed by atoms with van der Waals surface area (Å²) in [6, 6.07) is 0. The molecule has 0 unspecified atom stereocenters. The van der Waals surface area contributed by atoms with Crippen molar-refractivity contribution in [3.63, 3.8) is 0 Å². The molecule has 4 rings (SSSR count). The van der Waals surface area contributed by atoms with E-state index < -0.39 is 0 Å². The Kier molecular flexibility index (Phi) is 4.57. The van der Waals surface area contributed by atoms with E-state index in [1.54, 1.807) is 47.3 Å². The first-order chi connectivity index (χ1) is 10.7. The van der Waals surface area contributed by atoms with Crippen molar-refractivity contribution >= 4 is 0 Å². The van der Waals surface area contributed by atoms with Crippen LogP contribution in [-0.4, -0.2) is 0 Å². The van der Waals surface area contributed by atoms with Crippen LogP contribution in [0.25, 0.3) is 0 Å². The molecule has 0 bridgehead atoms. The van der Waals surface area contributed by atoms with Crippen molar-refractivity contribution in [1.82, 2.24) is 0 Å². The summed E-state index contributed by atoms with van der Waals surface area (Å²) in [5.74, 6) is 13.3. The van der Waals surface area contributed by atoms with Gasteiger partial charge >= 0.3 is 0 Å². The third-order valence-corrected chi connectivity index (χ3v) is 6.11. The van der Waals surface area contributed by atoms with Gasteiger partial charge in [0.1, 0.15) is 0 Å². The fourth-order valence-corrected chi connectivity index (χ4v) is 4.98. The molecule has 4 fully saturated rings. The maximum absolute atomic E-state index is 2.48. The molecule has 0 N–H and O–H groups in total. The van der Waals surface area contributed by atoms with E-state index in [1.807, 2.05) is 0 Å². The minimum atomic E-state index is 1.26. The lowest BCUT2D eigenvalue weighted by Gasteiger charge is -2.31. The van der Waals surface area contributed by atoms with Crippen molar-refractivity contribution in [2.24, 2.45) is 0 Å². The highest BCUT2D eigenvalue weighted by Gasteiger charge is 2.46. The van der Waals surface area contributed by atoms with Gasteiger partial charge in [0, 0.05) is 0 Å². The van der Waals surface area contributed by atoms with Gasteiger partial charge in [-0.2, -0.15) is 0 Å². The number of rotatable bonds is 3. The summed E-state index contributed by atoms with van der Waals surface area (Å²) in [5.41, 5.74) is 0. The minimum Gasteiger partial charge on any atom is -0.0582 e. The molecule has 0 nitrogen and oxygen atoms in total. The predicted molar refractivity (Wildman–Crippen MR) is 92.1 cm³/mol. The van der Waals surface area contributed by atoms with Crippen molar-refractivity contribution in [3.8, 4) is 0 Å². The number of hydrogen-bond acceptors (Lipinski definition) is 0. The lowest BCUT2D eigenvalue weighted by molar-refractivity contribution is 0.563. The van der Waals surface area contributed by atoms with Gasteiger partial charge in [-0.05, 0) is 98.7 Å². The molecule has 0 saturated heterocycles. The molecule has 0 heterocycles. The van der Waals surface area contributed by atoms with Crippen LogP contribution in [0.4, 0.5) is 0 Å². The molecular formula is C22H28. The molecule has 0 atom stereocenters. The van der Waals surface area contributed by atoms with E-state index in [4.69, 9.17) is 0 Å². The second-order valence-electron chi connectivity index (χ2n) is 7.53. The normalized spacial score (nSPS) is 31.9. The van der Waals surface area contributed by atoms with Crippen LogP contribution in [0.2, 0.25) is 0 Å². The lowest BCUT2D eigenvalue weighted by atomic mass is 9.72. The van der Waals surface area contributed by atoms with Gasteiger partial charge in [0.15, 0.2) is 0 Å². The maximum Gasteiger partial charge on any atom is -0.00968 e. The summed E-state index contributed by atoms with van der Waals surface area (Å²) < 4.78 is 0. The molecule has 4 aliphatic carbocycles. The quantitative estimate of drug-likeness (QED) is 0.599. The van der Waals surface area contributed by atoms with Gasteiger partial charge in [-0.25, -0.2) is 0 Å². The SMILES string of the molecule is C[C]1[CH][C]2CCCC[C]2[C]1CC[C]1[C](C)[CH][C]2CCCC[C]21. The molecule has 22 heavy (non-hydrogen) atoms. The van der Waals surface area contributed by atoms with Gasteiger partial charge in [0.05, 0.1) is 0 Å². The summed E-state index contributed by atoms with van der Waals surface area (Å²) >= 11 is 0. The predicted octanol–water partition coefficient (Wildman–Crippen LogP) is 5.99. The molecule has 4 aliphatic rings. The van der Waals surface area contributed by atoms with Crippen molar-refractivity contribution < 1.29 is 0 Å².